The van der Waals surface area contributed by atoms with Crippen LogP contribution in [0.1, 0.15) is 36.9 Å². The van der Waals surface area contributed by atoms with Crippen molar-refractivity contribution in [2.24, 2.45) is 0 Å². The minimum atomic E-state index is -0.358. The van der Waals surface area contributed by atoms with Gasteiger partial charge >= 0.3 is 0 Å². The van der Waals surface area contributed by atoms with Crippen molar-refractivity contribution >= 4 is 28.2 Å². The third-order valence-corrected chi connectivity index (χ3v) is 6.48. The monoisotopic (exact) mass is 457 g/mol. The maximum atomic E-state index is 13.8. The molecule has 162 valence electrons. The fourth-order valence-electron chi connectivity index (χ4n) is 4.03. The molecule has 5 aromatic rings. The zero-order chi connectivity index (χ0) is 22.7. The van der Waals surface area contributed by atoms with Gasteiger partial charge in [-0.15, -0.1) is 0 Å². The number of pyridine rings is 1. The van der Waals surface area contributed by atoms with E-state index in [1.54, 1.807) is 28.8 Å². The number of halogens is 1. The van der Waals surface area contributed by atoms with E-state index in [0.29, 0.717) is 28.3 Å². The van der Waals surface area contributed by atoms with Crippen LogP contribution in [0.2, 0.25) is 5.02 Å². The number of fused-ring (bicyclic) bond motifs is 3. The maximum Gasteiger partial charge on any atom is 0.278 e. The summed E-state index contributed by atoms with van der Waals surface area (Å²) < 4.78 is 8.63. The first-order chi connectivity index (χ1) is 16.0. The highest BCUT2D eigenvalue weighted by molar-refractivity contribution is 6.32. The smallest absolute Gasteiger partial charge is 0.278 e. The Hall–Kier alpha value is -4.03. The SMILES string of the molecule is CC1(c2nc(-c3ncn4c3c(=O)n(Cc3ccccn3)c3c(C#N)c(Cl)ccc34)no2)CC1. The highest BCUT2D eigenvalue weighted by Crippen LogP contribution is 2.47. The van der Waals surface area contributed by atoms with Gasteiger partial charge in [0.1, 0.15) is 23.6 Å². The molecule has 1 saturated carbocycles. The molecule has 1 aliphatic rings. The molecule has 0 unspecified atom stereocenters. The van der Waals surface area contributed by atoms with E-state index in [1.807, 2.05) is 12.1 Å². The number of hydrogen-bond acceptors (Lipinski definition) is 7. The van der Waals surface area contributed by atoms with Crippen LogP contribution in [0.15, 0.2) is 52.2 Å². The molecule has 4 aromatic heterocycles. The molecule has 0 aliphatic heterocycles. The number of hydrogen-bond donors (Lipinski definition) is 0. The maximum absolute atomic E-state index is 13.8. The van der Waals surface area contributed by atoms with Gasteiger partial charge in [-0.25, -0.2) is 4.98 Å². The van der Waals surface area contributed by atoms with Crippen LogP contribution >= 0.6 is 11.6 Å². The van der Waals surface area contributed by atoms with Gasteiger partial charge in [-0.05, 0) is 37.1 Å². The first-order valence-electron chi connectivity index (χ1n) is 10.4. The molecule has 33 heavy (non-hydrogen) atoms. The van der Waals surface area contributed by atoms with Gasteiger partial charge in [0.2, 0.25) is 11.7 Å². The second-order valence-electron chi connectivity index (χ2n) is 8.41. The fraction of sp³-hybridized carbons (Fsp3) is 0.217. The number of nitriles is 1. The minimum Gasteiger partial charge on any atom is -0.338 e. The van der Waals surface area contributed by atoms with Crippen molar-refractivity contribution in [3.8, 4) is 17.6 Å². The van der Waals surface area contributed by atoms with Crippen molar-refractivity contribution in [2.45, 2.75) is 31.7 Å². The van der Waals surface area contributed by atoms with Crippen molar-refractivity contribution < 1.29 is 4.52 Å². The molecule has 10 heteroatoms. The summed E-state index contributed by atoms with van der Waals surface area (Å²) in [4.78, 5) is 27.2. The van der Waals surface area contributed by atoms with Gasteiger partial charge in [0.05, 0.1) is 33.9 Å². The highest BCUT2D eigenvalue weighted by Gasteiger charge is 2.44. The largest absolute Gasteiger partial charge is 0.338 e. The molecule has 0 spiro atoms. The molecule has 0 amide bonds. The summed E-state index contributed by atoms with van der Waals surface area (Å²) in [5, 5.41) is 14.2. The molecule has 0 bridgehead atoms. The van der Waals surface area contributed by atoms with E-state index in [9.17, 15) is 10.1 Å². The molecule has 4 heterocycles. The van der Waals surface area contributed by atoms with Gasteiger partial charge in [0.25, 0.3) is 5.56 Å². The van der Waals surface area contributed by atoms with Crippen LogP contribution in [0.4, 0.5) is 0 Å². The molecule has 0 N–H and O–H groups in total. The van der Waals surface area contributed by atoms with Crippen LogP contribution in [-0.2, 0) is 12.0 Å². The Labute approximate surface area is 191 Å². The summed E-state index contributed by atoms with van der Waals surface area (Å²) in [6.45, 7) is 2.22. The third kappa shape index (κ3) is 2.95. The van der Waals surface area contributed by atoms with E-state index in [-0.39, 0.29) is 39.4 Å². The molecule has 9 nitrogen and oxygen atoms in total. The molecule has 6 rings (SSSR count). The number of rotatable bonds is 4. The summed E-state index contributed by atoms with van der Waals surface area (Å²) in [6.07, 6.45) is 5.15. The molecule has 1 aliphatic carbocycles. The summed E-state index contributed by atoms with van der Waals surface area (Å²) in [6, 6.07) is 11.0. The molecule has 1 fully saturated rings. The predicted molar refractivity (Wildman–Crippen MR) is 120 cm³/mol. The molecule has 0 atom stereocenters. The normalized spacial score (nSPS) is 14.6. The van der Waals surface area contributed by atoms with Crippen LogP contribution in [0.5, 0.6) is 0 Å². The van der Waals surface area contributed by atoms with Crippen molar-refractivity contribution in [1.29, 1.82) is 5.26 Å². The first-order valence-corrected chi connectivity index (χ1v) is 10.7. The Morgan fingerprint density at radius 2 is 2.06 bits per heavy atom. The van der Waals surface area contributed by atoms with Crippen LogP contribution in [0.25, 0.3) is 28.1 Å². The Kier molecular flexibility index (Phi) is 4.16. The van der Waals surface area contributed by atoms with Crippen LogP contribution in [-0.4, -0.2) is 29.1 Å². The Morgan fingerprint density at radius 1 is 1.21 bits per heavy atom. The lowest BCUT2D eigenvalue weighted by atomic mass is 10.1. The van der Waals surface area contributed by atoms with Crippen molar-refractivity contribution in [1.82, 2.24) is 29.1 Å². The van der Waals surface area contributed by atoms with E-state index in [2.05, 4.69) is 33.1 Å². The lowest BCUT2D eigenvalue weighted by Gasteiger charge is -2.14. The third-order valence-electron chi connectivity index (χ3n) is 6.16. The van der Waals surface area contributed by atoms with Gasteiger partial charge < -0.3 is 4.52 Å². The number of nitrogens with zero attached hydrogens (tertiary/aromatic N) is 7. The summed E-state index contributed by atoms with van der Waals surface area (Å²) >= 11 is 6.32. The van der Waals surface area contributed by atoms with Crippen LogP contribution < -0.4 is 5.56 Å². The molecule has 0 saturated heterocycles. The van der Waals surface area contributed by atoms with Gasteiger partial charge in [-0.2, -0.15) is 10.2 Å². The topological polar surface area (TPSA) is 115 Å². The van der Waals surface area contributed by atoms with E-state index in [1.165, 1.54) is 10.9 Å². The molecular formula is C23H16ClN7O2. The van der Waals surface area contributed by atoms with Gasteiger partial charge in [0.15, 0.2) is 0 Å². The second kappa shape index (κ2) is 6.98. The number of benzene rings is 1. The summed E-state index contributed by atoms with van der Waals surface area (Å²) in [7, 11) is 0. The zero-order valence-electron chi connectivity index (χ0n) is 17.5. The lowest BCUT2D eigenvalue weighted by molar-refractivity contribution is 0.353. The average Bonchev–Trinajstić information content (AvgIpc) is 3.22. The second-order valence-corrected chi connectivity index (χ2v) is 8.82. The van der Waals surface area contributed by atoms with Crippen LogP contribution in [0.3, 0.4) is 0 Å². The van der Waals surface area contributed by atoms with Crippen molar-refractivity contribution in [3.05, 3.63) is 75.4 Å². The van der Waals surface area contributed by atoms with Gasteiger partial charge in [-0.1, -0.05) is 29.7 Å². The van der Waals surface area contributed by atoms with Gasteiger partial charge in [-0.3, -0.25) is 18.7 Å². The van der Waals surface area contributed by atoms with E-state index < -0.39 is 0 Å². The zero-order valence-corrected chi connectivity index (χ0v) is 18.2. The number of imidazole rings is 1. The summed E-state index contributed by atoms with van der Waals surface area (Å²) in [5.41, 5.74) is 2.05. The first kappa shape index (κ1) is 19.6. The van der Waals surface area contributed by atoms with Crippen molar-refractivity contribution in [2.75, 3.05) is 0 Å². The molecule has 0 radical (unpaired) electrons. The predicted octanol–water partition coefficient (Wildman–Crippen LogP) is 3.72. The Morgan fingerprint density at radius 3 is 2.79 bits per heavy atom. The standard InChI is InChI=1S/C23H16ClN7O2/c1-23(7-8-23)22-28-20(29-33-22)17-19-21(32)30(11-13-4-2-3-9-26-13)18-14(10-25)15(24)5-6-16(18)31(19)12-27-17/h2-6,9,12H,7-8,11H2,1H3. The average molecular weight is 458 g/mol. The molecule has 1 aromatic carbocycles. The Balaban J connectivity index is 1.67. The van der Waals surface area contributed by atoms with E-state index >= 15 is 0 Å². The van der Waals surface area contributed by atoms with Crippen LogP contribution in [0, 0.1) is 11.3 Å². The fourth-order valence-corrected chi connectivity index (χ4v) is 4.22. The van der Waals surface area contributed by atoms with Gasteiger partial charge in [0, 0.05) is 11.6 Å². The molecular weight excluding hydrogens is 442 g/mol. The lowest BCUT2D eigenvalue weighted by Crippen LogP contribution is -2.25. The summed E-state index contributed by atoms with van der Waals surface area (Å²) in [5.74, 6) is 0.808. The Bertz CT molecular complexity index is 1660. The van der Waals surface area contributed by atoms with E-state index in [0.717, 1.165) is 12.8 Å². The van der Waals surface area contributed by atoms with E-state index in [4.69, 9.17) is 16.1 Å². The number of aromatic nitrogens is 6. The van der Waals surface area contributed by atoms with Crippen molar-refractivity contribution in [3.63, 3.8) is 0 Å². The quantitative estimate of drug-likeness (QED) is 0.404. The minimum absolute atomic E-state index is 0.106. The highest BCUT2D eigenvalue weighted by atomic mass is 35.5.